The number of nitrogens with one attached hydrogen (secondary N) is 2. The third kappa shape index (κ3) is 4.51. The molecule has 0 atom stereocenters. The van der Waals surface area contributed by atoms with Crippen molar-refractivity contribution in [1.82, 2.24) is 14.9 Å². The summed E-state index contributed by atoms with van der Waals surface area (Å²) in [6.07, 6.45) is 3.57. The fraction of sp³-hybridized carbons (Fsp3) is 0.0857. The monoisotopic (exact) mass is 553 g/mol. The zero-order chi connectivity index (χ0) is 28.6. The number of likely N-dealkylation sites (N-methyl/N-ethyl adjacent to an activating group) is 1. The smallest absolute Gasteiger partial charge is 0.261 e. The molecule has 3 heterocycles. The largest absolute Gasteiger partial charge is 0.489 e. The Morgan fingerprint density at radius 1 is 0.595 bits per heavy atom. The number of carbonyl (C=O) groups is 2. The van der Waals surface area contributed by atoms with Gasteiger partial charge in [-0.05, 0) is 41.5 Å². The number of H-pyrrole nitrogens is 2. The van der Waals surface area contributed by atoms with Gasteiger partial charge in [0.2, 0.25) is 0 Å². The van der Waals surface area contributed by atoms with Crippen molar-refractivity contribution in [1.29, 1.82) is 0 Å². The van der Waals surface area contributed by atoms with E-state index in [-0.39, 0.29) is 11.8 Å². The maximum atomic E-state index is 13.5. The summed E-state index contributed by atoms with van der Waals surface area (Å²) >= 11 is 0. The number of amides is 2. The van der Waals surface area contributed by atoms with Crippen LogP contribution in [0.1, 0.15) is 22.3 Å². The molecule has 7 rings (SSSR count). The molecule has 0 aliphatic carbocycles. The van der Waals surface area contributed by atoms with Crippen molar-refractivity contribution in [3.05, 3.63) is 132 Å². The van der Waals surface area contributed by atoms with Gasteiger partial charge in [-0.1, -0.05) is 60.7 Å². The number of nitrogens with zero attached hydrogens (tertiary/aromatic N) is 1. The Labute approximate surface area is 242 Å². The first kappa shape index (κ1) is 25.4. The van der Waals surface area contributed by atoms with E-state index in [1.54, 1.807) is 12.4 Å². The van der Waals surface area contributed by atoms with Crippen molar-refractivity contribution in [2.24, 2.45) is 0 Å². The maximum Gasteiger partial charge on any atom is 0.261 e. The predicted molar refractivity (Wildman–Crippen MR) is 163 cm³/mol. The molecule has 0 fully saturated rings. The molecule has 0 bridgehead atoms. The summed E-state index contributed by atoms with van der Waals surface area (Å²) in [6, 6.07) is 31.4. The molecule has 0 unspecified atom stereocenters. The van der Waals surface area contributed by atoms with Crippen LogP contribution in [0.25, 0.3) is 33.0 Å². The fourth-order valence-electron chi connectivity index (χ4n) is 5.42. The van der Waals surface area contributed by atoms with Crippen molar-refractivity contribution < 1.29 is 19.1 Å². The van der Waals surface area contributed by atoms with Gasteiger partial charge in [0.25, 0.3) is 11.8 Å². The van der Waals surface area contributed by atoms with Crippen molar-refractivity contribution in [2.75, 3.05) is 7.05 Å². The van der Waals surface area contributed by atoms with Gasteiger partial charge in [0.05, 0.1) is 11.1 Å². The van der Waals surface area contributed by atoms with Crippen LogP contribution in [0.15, 0.2) is 109 Å². The Morgan fingerprint density at radius 2 is 1.12 bits per heavy atom. The van der Waals surface area contributed by atoms with E-state index in [9.17, 15) is 9.59 Å². The SMILES string of the molecule is CN1C(=O)C(c2c[nH]c3cc(OCc4ccccc4)ccc23)=C(c2c[nH]c3ccc(OCc4ccccc4)cc23)C1=O. The quantitative estimate of drug-likeness (QED) is 0.205. The second-order valence-electron chi connectivity index (χ2n) is 10.3. The lowest BCUT2D eigenvalue weighted by molar-refractivity contribution is -0.134. The fourth-order valence-corrected chi connectivity index (χ4v) is 5.42. The number of aromatic nitrogens is 2. The van der Waals surface area contributed by atoms with E-state index in [0.29, 0.717) is 47.0 Å². The van der Waals surface area contributed by atoms with Gasteiger partial charge in [-0.3, -0.25) is 14.5 Å². The standard InChI is InChI=1S/C35H27N3O4/c1-38-34(39)32(28-18-37-31-17-25(12-14-26(28)31)42-21-23-10-6-3-7-11-23)33(35(38)40)29-19-36-30-15-13-24(16-27(29)30)41-20-22-8-4-2-5-9-22/h2-19,36-37H,20-21H2,1H3. The minimum atomic E-state index is -0.344. The van der Waals surface area contributed by atoms with Crippen LogP contribution in [0.4, 0.5) is 0 Å². The van der Waals surface area contributed by atoms with Gasteiger partial charge in [0, 0.05) is 58.4 Å². The van der Waals surface area contributed by atoms with Crippen LogP contribution in [0.2, 0.25) is 0 Å². The highest BCUT2D eigenvalue weighted by Gasteiger charge is 2.39. The lowest BCUT2D eigenvalue weighted by Crippen LogP contribution is -2.26. The molecule has 0 spiro atoms. The molecule has 7 heteroatoms. The number of hydrogen-bond acceptors (Lipinski definition) is 4. The van der Waals surface area contributed by atoms with Crippen LogP contribution in [-0.2, 0) is 22.8 Å². The third-order valence-corrected chi connectivity index (χ3v) is 7.63. The van der Waals surface area contributed by atoms with Gasteiger partial charge in [-0.15, -0.1) is 0 Å². The van der Waals surface area contributed by atoms with E-state index in [1.807, 2.05) is 97.1 Å². The van der Waals surface area contributed by atoms with Crippen molar-refractivity contribution in [2.45, 2.75) is 13.2 Å². The molecule has 0 saturated carbocycles. The van der Waals surface area contributed by atoms with Gasteiger partial charge in [-0.25, -0.2) is 0 Å². The Morgan fingerprint density at radius 3 is 1.74 bits per heavy atom. The maximum absolute atomic E-state index is 13.5. The minimum absolute atomic E-state index is 0.342. The van der Waals surface area contributed by atoms with E-state index in [4.69, 9.17) is 9.47 Å². The number of fused-ring (bicyclic) bond motifs is 2. The highest BCUT2D eigenvalue weighted by atomic mass is 16.5. The van der Waals surface area contributed by atoms with E-state index in [2.05, 4.69) is 9.97 Å². The van der Waals surface area contributed by atoms with Crippen molar-refractivity contribution in [3.63, 3.8) is 0 Å². The van der Waals surface area contributed by atoms with Crippen LogP contribution in [0.5, 0.6) is 11.5 Å². The van der Waals surface area contributed by atoms with E-state index in [1.165, 1.54) is 11.9 Å². The summed E-state index contributed by atoms with van der Waals surface area (Å²) in [4.78, 5) is 34.8. The van der Waals surface area contributed by atoms with Gasteiger partial charge >= 0.3 is 0 Å². The van der Waals surface area contributed by atoms with Gasteiger partial charge in [0.1, 0.15) is 24.7 Å². The first-order valence-corrected chi connectivity index (χ1v) is 13.7. The zero-order valence-electron chi connectivity index (χ0n) is 22.9. The first-order chi connectivity index (χ1) is 20.6. The van der Waals surface area contributed by atoms with Crippen LogP contribution in [-0.4, -0.2) is 33.7 Å². The molecular weight excluding hydrogens is 526 g/mol. The number of rotatable bonds is 8. The van der Waals surface area contributed by atoms with E-state index < -0.39 is 0 Å². The summed E-state index contributed by atoms with van der Waals surface area (Å²) in [5.41, 5.74) is 5.84. The first-order valence-electron chi connectivity index (χ1n) is 13.7. The van der Waals surface area contributed by atoms with Gasteiger partial charge in [0.15, 0.2) is 0 Å². The summed E-state index contributed by atoms with van der Waals surface area (Å²) in [7, 11) is 1.52. The van der Waals surface area contributed by atoms with E-state index >= 15 is 0 Å². The summed E-state index contributed by atoms with van der Waals surface area (Å²) in [5.74, 6) is 0.698. The van der Waals surface area contributed by atoms with Gasteiger partial charge in [-0.2, -0.15) is 0 Å². The van der Waals surface area contributed by atoms with Crippen LogP contribution < -0.4 is 9.47 Å². The second kappa shape index (κ2) is 10.4. The zero-order valence-corrected chi connectivity index (χ0v) is 22.9. The van der Waals surface area contributed by atoms with Crippen LogP contribution in [0.3, 0.4) is 0 Å². The number of hydrogen-bond donors (Lipinski definition) is 2. The third-order valence-electron chi connectivity index (χ3n) is 7.63. The molecule has 0 saturated heterocycles. The molecule has 1 aliphatic heterocycles. The molecule has 0 radical (unpaired) electrons. The van der Waals surface area contributed by atoms with Gasteiger partial charge < -0.3 is 19.4 Å². The molecule has 1 aliphatic rings. The summed E-state index contributed by atoms with van der Waals surface area (Å²) in [5, 5.41) is 1.64. The number of carbonyl (C=O) groups excluding carboxylic acids is 2. The number of benzene rings is 4. The topological polar surface area (TPSA) is 87.4 Å². The average molecular weight is 554 g/mol. The second-order valence-corrected chi connectivity index (χ2v) is 10.3. The predicted octanol–water partition coefficient (Wildman–Crippen LogP) is 6.72. The molecule has 2 N–H and O–H groups in total. The molecule has 2 aromatic heterocycles. The molecule has 6 aromatic rings. The number of ether oxygens (including phenoxy) is 2. The Kier molecular flexibility index (Phi) is 6.32. The molecule has 206 valence electrons. The normalized spacial score (nSPS) is 13.5. The van der Waals surface area contributed by atoms with Crippen molar-refractivity contribution in [3.8, 4) is 11.5 Å². The van der Waals surface area contributed by atoms with Crippen LogP contribution >= 0.6 is 0 Å². The lowest BCUT2D eigenvalue weighted by Gasteiger charge is -2.08. The molecule has 4 aromatic carbocycles. The Balaban J connectivity index is 1.26. The van der Waals surface area contributed by atoms with Crippen LogP contribution in [0, 0.1) is 0 Å². The number of imide groups is 1. The Hall–Kier alpha value is -5.56. The Bertz CT molecular complexity index is 1990. The average Bonchev–Trinajstić information content (AvgIpc) is 3.70. The highest BCUT2D eigenvalue weighted by Crippen LogP contribution is 2.41. The molecule has 7 nitrogen and oxygen atoms in total. The minimum Gasteiger partial charge on any atom is -0.489 e. The number of aromatic amines is 2. The molecule has 42 heavy (non-hydrogen) atoms. The van der Waals surface area contributed by atoms with Crippen molar-refractivity contribution >= 4 is 44.8 Å². The highest BCUT2D eigenvalue weighted by molar-refractivity contribution is 6.50. The summed E-state index contributed by atoms with van der Waals surface area (Å²) in [6.45, 7) is 0.872. The molecular formula is C35H27N3O4. The lowest BCUT2D eigenvalue weighted by atomic mass is 9.95. The molecule has 2 amide bonds. The van der Waals surface area contributed by atoms with E-state index in [0.717, 1.165) is 32.9 Å². The summed E-state index contributed by atoms with van der Waals surface area (Å²) < 4.78 is 12.1.